The molecule has 20 heavy (non-hydrogen) atoms. The zero-order valence-electron chi connectivity index (χ0n) is 11.7. The number of urea groups is 1. The Labute approximate surface area is 118 Å². The van der Waals surface area contributed by atoms with Crippen LogP contribution in [-0.4, -0.2) is 23.7 Å². The summed E-state index contributed by atoms with van der Waals surface area (Å²) in [7, 11) is 0. The molecule has 1 aromatic heterocycles. The SMILES string of the molecule is CCC(CCNC(=O)NCc1ccco1)CCC(=O)O. The van der Waals surface area contributed by atoms with E-state index in [0.717, 1.165) is 12.8 Å². The van der Waals surface area contributed by atoms with Crippen LogP contribution in [0.1, 0.15) is 38.4 Å². The molecule has 0 aliphatic carbocycles. The summed E-state index contributed by atoms with van der Waals surface area (Å²) >= 11 is 0. The van der Waals surface area contributed by atoms with Gasteiger partial charge < -0.3 is 20.2 Å². The van der Waals surface area contributed by atoms with Crippen molar-refractivity contribution in [3.63, 3.8) is 0 Å². The Morgan fingerprint density at radius 1 is 1.35 bits per heavy atom. The second-order valence-electron chi connectivity index (χ2n) is 4.68. The van der Waals surface area contributed by atoms with E-state index in [2.05, 4.69) is 10.6 Å². The van der Waals surface area contributed by atoms with Crippen LogP contribution in [0.2, 0.25) is 0 Å². The molecule has 2 amide bonds. The first-order chi connectivity index (χ1) is 9.61. The predicted molar refractivity (Wildman–Crippen MR) is 74.2 cm³/mol. The molecule has 0 aliphatic heterocycles. The van der Waals surface area contributed by atoms with Gasteiger partial charge in [0.15, 0.2) is 0 Å². The number of aliphatic carboxylic acids is 1. The number of carboxylic acids is 1. The third kappa shape index (κ3) is 6.82. The second-order valence-corrected chi connectivity index (χ2v) is 4.68. The monoisotopic (exact) mass is 282 g/mol. The molecule has 0 saturated heterocycles. The summed E-state index contributed by atoms with van der Waals surface area (Å²) in [6.45, 7) is 2.93. The number of nitrogens with one attached hydrogen (secondary N) is 2. The standard InChI is InChI=1S/C14H22N2O4/c1-2-11(5-6-13(17)18)7-8-15-14(19)16-10-12-4-3-9-20-12/h3-4,9,11H,2,5-8,10H2,1H3,(H,17,18)(H2,15,16,19). The number of rotatable bonds is 9. The van der Waals surface area contributed by atoms with Gasteiger partial charge in [0.2, 0.25) is 0 Å². The number of carboxylic acid groups (broad SMARTS) is 1. The molecule has 0 radical (unpaired) electrons. The van der Waals surface area contributed by atoms with Crippen molar-refractivity contribution in [3.8, 4) is 0 Å². The van der Waals surface area contributed by atoms with Crippen molar-refractivity contribution in [2.24, 2.45) is 5.92 Å². The summed E-state index contributed by atoms with van der Waals surface area (Å²) in [5.41, 5.74) is 0. The minimum atomic E-state index is -0.771. The maximum absolute atomic E-state index is 11.5. The molecule has 6 nitrogen and oxygen atoms in total. The average molecular weight is 282 g/mol. The lowest BCUT2D eigenvalue weighted by Gasteiger charge is -2.14. The first-order valence-corrected chi connectivity index (χ1v) is 6.87. The van der Waals surface area contributed by atoms with Gasteiger partial charge in [-0.3, -0.25) is 4.79 Å². The molecule has 1 aromatic rings. The van der Waals surface area contributed by atoms with Gasteiger partial charge in [-0.1, -0.05) is 13.3 Å². The van der Waals surface area contributed by atoms with E-state index in [1.54, 1.807) is 18.4 Å². The highest BCUT2D eigenvalue weighted by atomic mass is 16.4. The van der Waals surface area contributed by atoms with Crippen LogP contribution in [0, 0.1) is 5.92 Å². The second kappa shape index (κ2) is 9.01. The molecule has 1 unspecified atom stereocenters. The number of carbonyl (C=O) groups is 2. The Bertz CT molecular complexity index is 403. The molecular weight excluding hydrogens is 260 g/mol. The van der Waals surface area contributed by atoms with Gasteiger partial charge in [0.1, 0.15) is 5.76 Å². The highest BCUT2D eigenvalue weighted by Gasteiger charge is 2.09. The zero-order valence-corrected chi connectivity index (χ0v) is 11.7. The Morgan fingerprint density at radius 2 is 2.15 bits per heavy atom. The van der Waals surface area contributed by atoms with Gasteiger partial charge in [-0.25, -0.2) is 4.79 Å². The molecule has 0 bridgehead atoms. The quantitative estimate of drug-likeness (QED) is 0.648. The molecule has 1 heterocycles. The Morgan fingerprint density at radius 3 is 2.75 bits per heavy atom. The van der Waals surface area contributed by atoms with Gasteiger partial charge >= 0.3 is 12.0 Å². The molecule has 1 rings (SSSR count). The van der Waals surface area contributed by atoms with E-state index < -0.39 is 5.97 Å². The van der Waals surface area contributed by atoms with Gasteiger partial charge in [0, 0.05) is 13.0 Å². The van der Waals surface area contributed by atoms with Crippen LogP contribution < -0.4 is 10.6 Å². The summed E-state index contributed by atoms with van der Waals surface area (Å²) in [5, 5.41) is 14.1. The molecular formula is C14H22N2O4. The lowest BCUT2D eigenvalue weighted by Crippen LogP contribution is -2.36. The molecule has 6 heteroatoms. The molecule has 0 fully saturated rings. The van der Waals surface area contributed by atoms with Crippen LogP contribution >= 0.6 is 0 Å². The normalized spacial score (nSPS) is 11.8. The van der Waals surface area contributed by atoms with Gasteiger partial charge in [-0.2, -0.15) is 0 Å². The summed E-state index contributed by atoms with van der Waals surface area (Å²) in [4.78, 5) is 22.0. The third-order valence-corrected chi connectivity index (χ3v) is 3.19. The van der Waals surface area contributed by atoms with Crippen molar-refractivity contribution in [2.75, 3.05) is 6.54 Å². The topological polar surface area (TPSA) is 91.6 Å². The first kappa shape index (κ1) is 16.1. The van der Waals surface area contributed by atoms with Gasteiger partial charge in [0.25, 0.3) is 0 Å². The number of furan rings is 1. The highest BCUT2D eigenvalue weighted by Crippen LogP contribution is 2.14. The lowest BCUT2D eigenvalue weighted by atomic mass is 9.97. The summed E-state index contributed by atoms with van der Waals surface area (Å²) in [5.74, 6) is 0.261. The summed E-state index contributed by atoms with van der Waals surface area (Å²) in [6, 6.07) is 3.32. The molecule has 0 aliphatic rings. The molecule has 0 saturated carbocycles. The van der Waals surface area contributed by atoms with E-state index in [9.17, 15) is 9.59 Å². The minimum absolute atomic E-state index is 0.184. The van der Waals surface area contributed by atoms with Crippen molar-refractivity contribution in [1.29, 1.82) is 0 Å². The highest BCUT2D eigenvalue weighted by molar-refractivity contribution is 5.73. The number of hydrogen-bond donors (Lipinski definition) is 3. The number of hydrogen-bond acceptors (Lipinski definition) is 3. The smallest absolute Gasteiger partial charge is 0.315 e. The van der Waals surface area contributed by atoms with Crippen LogP contribution in [0.25, 0.3) is 0 Å². The molecule has 0 aromatic carbocycles. The molecule has 112 valence electrons. The van der Waals surface area contributed by atoms with Crippen LogP contribution in [0.4, 0.5) is 4.79 Å². The minimum Gasteiger partial charge on any atom is -0.481 e. The zero-order chi connectivity index (χ0) is 14.8. The molecule has 3 N–H and O–H groups in total. The molecule has 1 atom stereocenters. The first-order valence-electron chi connectivity index (χ1n) is 6.87. The Balaban J connectivity index is 2.11. The summed E-state index contributed by atoms with van der Waals surface area (Å²) < 4.78 is 5.10. The average Bonchev–Trinajstić information content (AvgIpc) is 2.93. The fourth-order valence-electron chi connectivity index (χ4n) is 1.91. The van der Waals surface area contributed by atoms with Crippen LogP contribution in [0.5, 0.6) is 0 Å². The van der Waals surface area contributed by atoms with Crippen molar-refractivity contribution >= 4 is 12.0 Å². The van der Waals surface area contributed by atoms with Crippen molar-refractivity contribution in [3.05, 3.63) is 24.2 Å². The van der Waals surface area contributed by atoms with Crippen molar-refractivity contribution in [1.82, 2.24) is 10.6 Å². The Hall–Kier alpha value is -1.98. The van der Waals surface area contributed by atoms with E-state index in [4.69, 9.17) is 9.52 Å². The van der Waals surface area contributed by atoms with Gasteiger partial charge in [0.05, 0.1) is 12.8 Å². The van der Waals surface area contributed by atoms with Crippen molar-refractivity contribution < 1.29 is 19.1 Å². The maximum Gasteiger partial charge on any atom is 0.315 e. The maximum atomic E-state index is 11.5. The largest absolute Gasteiger partial charge is 0.481 e. The van der Waals surface area contributed by atoms with E-state index in [-0.39, 0.29) is 12.5 Å². The van der Waals surface area contributed by atoms with Gasteiger partial charge in [-0.05, 0) is 30.9 Å². The number of carbonyl (C=O) groups excluding carboxylic acids is 1. The fraction of sp³-hybridized carbons (Fsp3) is 0.571. The van der Waals surface area contributed by atoms with Crippen LogP contribution in [0.3, 0.4) is 0 Å². The fourth-order valence-corrected chi connectivity index (χ4v) is 1.91. The lowest BCUT2D eigenvalue weighted by molar-refractivity contribution is -0.137. The predicted octanol–water partition coefficient (Wildman–Crippen LogP) is 2.36. The van der Waals surface area contributed by atoms with E-state index in [0.29, 0.717) is 31.2 Å². The van der Waals surface area contributed by atoms with E-state index >= 15 is 0 Å². The van der Waals surface area contributed by atoms with Gasteiger partial charge in [-0.15, -0.1) is 0 Å². The Kier molecular flexibility index (Phi) is 7.24. The third-order valence-electron chi connectivity index (χ3n) is 3.19. The van der Waals surface area contributed by atoms with Crippen LogP contribution in [0.15, 0.2) is 22.8 Å². The van der Waals surface area contributed by atoms with E-state index in [1.807, 2.05) is 6.92 Å². The number of amides is 2. The van der Waals surface area contributed by atoms with Crippen LogP contribution in [-0.2, 0) is 11.3 Å². The molecule has 0 spiro atoms. The van der Waals surface area contributed by atoms with E-state index in [1.165, 1.54) is 0 Å². The van der Waals surface area contributed by atoms with Crippen molar-refractivity contribution in [2.45, 2.75) is 39.2 Å². The summed E-state index contributed by atoms with van der Waals surface area (Å²) in [6.07, 6.45) is 4.11.